The fourth-order valence-electron chi connectivity index (χ4n) is 1.81. The first kappa shape index (κ1) is 20.9. The molecule has 1 aromatic rings. The largest absolute Gasteiger partial charge is 0.444 e. The highest BCUT2D eigenvalue weighted by Gasteiger charge is 2.15. The van der Waals surface area contributed by atoms with Gasteiger partial charge in [-0.25, -0.2) is 17.9 Å². The first-order valence-corrected chi connectivity index (χ1v) is 9.32. The standard InChI is InChI=1S/C16H25N3O5S/c1-16(2,3)24-15(21)18-11-5-6-14(20)19-12-7-9-13(10-8-12)25(22,23)17-4/h7-10,17H,5-6,11H2,1-4H3,(H,18,21)(H,19,20). The lowest BCUT2D eigenvalue weighted by molar-refractivity contribution is -0.116. The van der Waals surface area contributed by atoms with Gasteiger partial charge >= 0.3 is 6.09 Å². The SMILES string of the molecule is CNS(=O)(=O)c1ccc(NC(=O)CCCNC(=O)OC(C)(C)C)cc1. The van der Waals surface area contributed by atoms with E-state index in [4.69, 9.17) is 4.74 Å². The number of amides is 2. The zero-order chi connectivity index (χ0) is 19.1. The van der Waals surface area contributed by atoms with E-state index < -0.39 is 21.7 Å². The number of rotatable bonds is 7. The van der Waals surface area contributed by atoms with Crippen LogP contribution in [-0.4, -0.2) is 39.6 Å². The molecular formula is C16H25N3O5S. The van der Waals surface area contributed by atoms with Gasteiger partial charge in [0.1, 0.15) is 5.60 Å². The van der Waals surface area contributed by atoms with Crippen molar-refractivity contribution < 1.29 is 22.7 Å². The Balaban J connectivity index is 2.37. The van der Waals surface area contributed by atoms with Gasteiger partial charge in [0.25, 0.3) is 0 Å². The molecule has 0 saturated carbocycles. The van der Waals surface area contributed by atoms with Crippen LogP contribution >= 0.6 is 0 Å². The van der Waals surface area contributed by atoms with Gasteiger partial charge in [-0.15, -0.1) is 0 Å². The van der Waals surface area contributed by atoms with Gasteiger partial charge in [-0.05, 0) is 58.5 Å². The summed E-state index contributed by atoms with van der Waals surface area (Å²) in [5, 5.41) is 5.24. The van der Waals surface area contributed by atoms with Crippen molar-refractivity contribution in [1.82, 2.24) is 10.0 Å². The predicted molar refractivity (Wildman–Crippen MR) is 94.8 cm³/mol. The number of nitrogens with one attached hydrogen (secondary N) is 3. The Morgan fingerprint density at radius 3 is 2.24 bits per heavy atom. The third-order valence-corrected chi connectivity index (χ3v) is 4.40. The number of ether oxygens (including phenoxy) is 1. The Hall–Kier alpha value is -2.13. The minimum absolute atomic E-state index is 0.120. The quantitative estimate of drug-likeness (QED) is 0.633. The number of anilines is 1. The van der Waals surface area contributed by atoms with Crippen LogP contribution in [0, 0.1) is 0 Å². The molecule has 0 atom stereocenters. The van der Waals surface area contributed by atoms with Crippen molar-refractivity contribution >= 4 is 27.7 Å². The molecule has 0 heterocycles. The highest BCUT2D eigenvalue weighted by atomic mass is 32.2. The maximum absolute atomic E-state index is 11.8. The summed E-state index contributed by atoms with van der Waals surface area (Å²) in [6.45, 7) is 5.63. The predicted octanol–water partition coefficient (Wildman–Crippen LogP) is 1.84. The second-order valence-corrected chi connectivity index (χ2v) is 8.20. The molecule has 0 saturated heterocycles. The first-order valence-electron chi connectivity index (χ1n) is 7.84. The third-order valence-electron chi connectivity index (χ3n) is 2.97. The van der Waals surface area contributed by atoms with Gasteiger partial charge in [0, 0.05) is 18.7 Å². The van der Waals surface area contributed by atoms with E-state index in [9.17, 15) is 18.0 Å². The fourth-order valence-corrected chi connectivity index (χ4v) is 2.54. The summed E-state index contributed by atoms with van der Waals surface area (Å²) in [6, 6.07) is 5.85. The molecule has 9 heteroatoms. The van der Waals surface area contributed by atoms with Gasteiger partial charge in [0.2, 0.25) is 15.9 Å². The average molecular weight is 371 g/mol. The van der Waals surface area contributed by atoms with E-state index in [0.717, 1.165) is 0 Å². The summed E-state index contributed by atoms with van der Waals surface area (Å²) in [5.41, 5.74) is -0.0610. The van der Waals surface area contributed by atoms with E-state index in [-0.39, 0.29) is 17.2 Å². The topological polar surface area (TPSA) is 114 Å². The lowest BCUT2D eigenvalue weighted by Gasteiger charge is -2.19. The number of benzene rings is 1. The lowest BCUT2D eigenvalue weighted by atomic mass is 10.2. The Morgan fingerprint density at radius 2 is 1.72 bits per heavy atom. The molecule has 2 amide bonds. The van der Waals surface area contributed by atoms with Crippen molar-refractivity contribution in [2.24, 2.45) is 0 Å². The molecule has 0 radical (unpaired) electrons. The molecule has 0 fully saturated rings. The van der Waals surface area contributed by atoms with E-state index >= 15 is 0 Å². The van der Waals surface area contributed by atoms with Crippen LogP contribution in [0.15, 0.2) is 29.2 Å². The Kier molecular flexibility index (Phi) is 7.38. The Labute approximate surface area is 148 Å². The zero-order valence-corrected chi connectivity index (χ0v) is 15.7. The molecule has 0 aliphatic carbocycles. The van der Waals surface area contributed by atoms with Gasteiger partial charge in [0.15, 0.2) is 0 Å². The highest BCUT2D eigenvalue weighted by molar-refractivity contribution is 7.89. The molecule has 25 heavy (non-hydrogen) atoms. The second kappa shape index (κ2) is 8.82. The van der Waals surface area contributed by atoms with Crippen molar-refractivity contribution in [3.63, 3.8) is 0 Å². The summed E-state index contributed by atoms with van der Waals surface area (Å²) >= 11 is 0. The number of alkyl carbamates (subject to hydrolysis) is 1. The van der Waals surface area contributed by atoms with Crippen LogP contribution in [0.5, 0.6) is 0 Å². The molecule has 0 aromatic heterocycles. The van der Waals surface area contributed by atoms with Crippen molar-refractivity contribution in [2.45, 2.75) is 44.1 Å². The summed E-state index contributed by atoms with van der Waals surface area (Å²) in [6.07, 6.45) is 0.151. The molecule has 140 valence electrons. The number of carbonyl (C=O) groups is 2. The minimum Gasteiger partial charge on any atom is -0.444 e. The lowest BCUT2D eigenvalue weighted by Crippen LogP contribution is -2.33. The van der Waals surface area contributed by atoms with Crippen LogP contribution in [-0.2, 0) is 19.6 Å². The van der Waals surface area contributed by atoms with Gasteiger partial charge in [-0.3, -0.25) is 4.79 Å². The summed E-state index contributed by atoms with van der Waals surface area (Å²) < 4.78 is 30.5. The molecular weight excluding hydrogens is 346 g/mol. The van der Waals surface area contributed by atoms with E-state index in [2.05, 4.69) is 15.4 Å². The van der Waals surface area contributed by atoms with Crippen LogP contribution in [0.25, 0.3) is 0 Å². The van der Waals surface area contributed by atoms with E-state index in [1.54, 1.807) is 20.8 Å². The molecule has 8 nitrogen and oxygen atoms in total. The smallest absolute Gasteiger partial charge is 0.407 e. The van der Waals surface area contributed by atoms with Crippen molar-refractivity contribution in [3.8, 4) is 0 Å². The van der Waals surface area contributed by atoms with Crippen LogP contribution in [0.1, 0.15) is 33.6 Å². The van der Waals surface area contributed by atoms with Gasteiger partial charge in [-0.2, -0.15) is 0 Å². The molecule has 1 rings (SSSR count). The summed E-state index contributed by atoms with van der Waals surface area (Å²) in [7, 11) is -2.17. The summed E-state index contributed by atoms with van der Waals surface area (Å²) in [5.74, 6) is -0.227. The second-order valence-electron chi connectivity index (χ2n) is 6.31. The van der Waals surface area contributed by atoms with Crippen molar-refractivity contribution in [1.29, 1.82) is 0 Å². The third kappa shape index (κ3) is 7.99. The van der Waals surface area contributed by atoms with Gasteiger partial charge < -0.3 is 15.4 Å². The monoisotopic (exact) mass is 371 g/mol. The molecule has 3 N–H and O–H groups in total. The highest BCUT2D eigenvalue weighted by Crippen LogP contribution is 2.14. The average Bonchev–Trinajstić information content (AvgIpc) is 2.50. The van der Waals surface area contributed by atoms with Crippen LogP contribution in [0.2, 0.25) is 0 Å². The first-order chi connectivity index (χ1) is 11.5. The molecule has 0 bridgehead atoms. The molecule has 1 aromatic carbocycles. The maximum atomic E-state index is 11.8. The molecule has 0 aliphatic heterocycles. The van der Waals surface area contributed by atoms with Gasteiger partial charge in [0.05, 0.1) is 4.90 Å². The van der Waals surface area contributed by atoms with Crippen molar-refractivity contribution in [3.05, 3.63) is 24.3 Å². The van der Waals surface area contributed by atoms with Crippen molar-refractivity contribution in [2.75, 3.05) is 18.9 Å². The van der Waals surface area contributed by atoms with E-state index in [1.807, 2.05) is 0 Å². The number of hydrogen-bond donors (Lipinski definition) is 3. The van der Waals surface area contributed by atoms with Gasteiger partial charge in [-0.1, -0.05) is 0 Å². The number of sulfonamides is 1. The fraction of sp³-hybridized carbons (Fsp3) is 0.500. The summed E-state index contributed by atoms with van der Waals surface area (Å²) in [4.78, 5) is 23.4. The Morgan fingerprint density at radius 1 is 1.12 bits per heavy atom. The molecule has 0 spiro atoms. The van der Waals surface area contributed by atoms with E-state index in [0.29, 0.717) is 18.7 Å². The number of hydrogen-bond acceptors (Lipinski definition) is 5. The molecule has 0 unspecified atom stereocenters. The van der Waals surface area contributed by atoms with Crippen LogP contribution < -0.4 is 15.4 Å². The Bertz CT molecular complexity index is 693. The molecule has 0 aliphatic rings. The zero-order valence-electron chi connectivity index (χ0n) is 14.9. The van der Waals surface area contributed by atoms with Crippen LogP contribution in [0.4, 0.5) is 10.5 Å². The number of carbonyl (C=O) groups excluding carboxylic acids is 2. The maximum Gasteiger partial charge on any atom is 0.407 e. The minimum atomic E-state index is -3.50. The van der Waals surface area contributed by atoms with Crippen LogP contribution in [0.3, 0.4) is 0 Å². The normalized spacial score (nSPS) is 11.7. The van der Waals surface area contributed by atoms with E-state index in [1.165, 1.54) is 31.3 Å².